The second kappa shape index (κ2) is 9.57. The van der Waals surface area contributed by atoms with Gasteiger partial charge in [-0.2, -0.15) is 0 Å². The third-order valence-corrected chi connectivity index (χ3v) is 7.68. The van der Waals surface area contributed by atoms with E-state index in [9.17, 15) is 0 Å². The molecule has 3 heteroatoms. The van der Waals surface area contributed by atoms with Crippen LogP contribution in [0.5, 0.6) is 0 Å². The van der Waals surface area contributed by atoms with Crippen molar-refractivity contribution in [3.05, 3.63) is 59.2 Å². The molecule has 1 heterocycles. The molecule has 0 spiro atoms. The van der Waals surface area contributed by atoms with Crippen LogP contribution in [0.15, 0.2) is 47.4 Å². The molecule has 156 valence electrons. The lowest BCUT2D eigenvalue weighted by atomic mass is 9.99. The lowest BCUT2D eigenvalue weighted by Gasteiger charge is -2.32. The standard InChI is InChI=1S/C26H36N2S/c1-4-27-16-8-10-23-17-21(14-15-26(23)27)19-28(24-11-5-6-12-24)29-25-13-7-9-22(18-25)20(2)3/h7,9,13-15,17-18,20,24H,4-6,8,10-12,16,19H2,1-3H3. The van der Waals surface area contributed by atoms with Crippen LogP contribution in [0.4, 0.5) is 5.69 Å². The Morgan fingerprint density at radius 1 is 1.07 bits per heavy atom. The predicted octanol–water partition coefficient (Wildman–Crippen LogP) is 7.03. The first kappa shape index (κ1) is 20.8. The SMILES string of the molecule is CCN1CCCc2cc(CN(Sc3cccc(C(C)C)c3)C3CCCC3)ccc21. The van der Waals surface area contributed by atoms with Gasteiger partial charge >= 0.3 is 0 Å². The van der Waals surface area contributed by atoms with Crippen LogP contribution < -0.4 is 4.90 Å². The highest BCUT2D eigenvalue weighted by molar-refractivity contribution is 7.97. The average molecular weight is 409 g/mol. The quantitative estimate of drug-likeness (QED) is 0.454. The Bertz CT molecular complexity index is 810. The fourth-order valence-corrected chi connectivity index (χ4v) is 6.00. The summed E-state index contributed by atoms with van der Waals surface area (Å²) in [6.07, 6.45) is 7.95. The molecule has 0 atom stereocenters. The van der Waals surface area contributed by atoms with Gasteiger partial charge in [0, 0.05) is 36.3 Å². The number of fused-ring (bicyclic) bond motifs is 1. The van der Waals surface area contributed by atoms with Crippen molar-refractivity contribution < 1.29 is 0 Å². The van der Waals surface area contributed by atoms with Gasteiger partial charge in [-0.3, -0.25) is 0 Å². The molecule has 1 fully saturated rings. The maximum Gasteiger partial charge on any atom is 0.0398 e. The van der Waals surface area contributed by atoms with Gasteiger partial charge in [0.2, 0.25) is 0 Å². The molecular formula is C26H36N2S. The maximum atomic E-state index is 2.68. The summed E-state index contributed by atoms with van der Waals surface area (Å²) >= 11 is 1.98. The van der Waals surface area contributed by atoms with E-state index in [0.717, 1.165) is 13.1 Å². The first-order chi connectivity index (χ1) is 14.1. The Labute approximate surface area is 181 Å². The predicted molar refractivity (Wildman–Crippen MR) is 127 cm³/mol. The van der Waals surface area contributed by atoms with Crippen molar-refractivity contribution in [3.63, 3.8) is 0 Å². The summed E-state index contributed by atoms with van der Waals surface area (Å²) in [5.74, 6) is 0.581. The summed E-state index contributed by atoms with van der Waals surface area (Å²) in [7, 11) is 0. The van der Waals surface area contributed by atoms with Crippen molar-refractivity contribution in [2.75, 3.05) is 18.0 Å². The molecule has 2 aromatic carbocycles. The molecule has 0 N–H and O–H groups in total. The zero-order valence-corrected chi connectivity index (χ0v) is 19.2. The molecule has 2 aliphatic rings. The summed E-state index contributed by atoms with van der Waals surface area (Å²) in [6.45, 7) is 10.2. The number of rotatable bonds is 7. The largest absolute Gasteiger partial charge is 0.372 e. The van der Waals surface area contributed by atoms with Crippen molar-refractivity contribution in [2.45, 2.75) is 82.7 Å². The van der Waals surface area contributed by atoms with Gasteiger partial charge in [0.15, 0.2) is 0 Å². The van der Waals surface area contributed by atoms with Crippen LogP contribution in [0, 0.1) is 0 Å². The van der Waals surface area contributed by atoms with Crippen molar-refractivity contribution in [1.29, 1.82) is 0 Å². The monoisotopic (exact) mass is 408 g/mol. The average Bonchev–Trinajstić information content (AvgIpc) is 3.28. The van der Waals surface area contributed by atoms with E-state index < -0.39 is 0 Å². The third kappa shape index (κ3) is 5.00. The minimum atomic E-state index is 0.581. The van der Waals surface area contributed by atoms with Gasteiger partial charge in [-0.25, -0.2) is 4.31 Å². The highest BCUT2D eigenvalue weighted by Crippen LogP contribution is 2.36. The fraction of sp³-hybridized carbons (Fsp3) is 0.538. The molecule has 2 nitrogen and oxygen atoms in total. The van der Waals surface area contributed by atoms with Gasteiger partial charge in [0.1, 0.15) is 0 Å². The van der Waals surface area contributed by atoms with Crippen LogP contribution >= 0.6 is 11.9 Å². The van der Waals surface area contributed by atoms with Gasteiger partial charge in [0.05, 0.1) is 0 Å². The van der Waals surface area contributed by atoms with Crippen molar-refractivity contribution >= 4 is 17.6 Å². The van der Waals surface area contributed by atoms with Crippen molar-refractivity contribution in [1.82, 2.24) is 4.31 Å². The van der Waals surface area contributed by atoms with Gasteiger partial charge in [-0.05, 0) is 85.4 Å². The van der Waals surface area contributed by atoms with Crippen molar-refractivity contribution in [2.24, 2.45) is 0 Å². The lowest BCUT2D eigenvalue weighted by Crippen LogP contribution is -2.29. The third-order valence-electron chi connectivity index (χ3n) is 6.56. The topological polar surface area (TPSA) is 6.48 Å². The molecule has 1 saturated carbocycles. The number of nitrogens with zero attached hydrogens (tertiary/aromatic N) is 2. The molecule has 1 aliphatic carbocycles. The van der Waals surface area contributed by atoms with E-state index in [1.807, 2.05) is 11.9 Å². The Hall–Kier alpha value is -1.45. The zero-order chi connectivity index (χ0) is 20.2. The molecule has 0 bridgehead atoms. The van der Waals surface area contributed by atoms with Crippen LogP contribution in [0.2, 0.25) is 0 Å². The molecule has 4 rings (SSSR count). The Balaban J connectivity index is 1.54. The Morgan fingerprint density at radius 2 is 1.90 bits per heavy atom. The van der Waals surface area contributed by atoms with Gasteiger partial charge < -0.3 is 4.90 Å². The number of hydrogen-bond acceptors (Lipinski definition) is 3. The molecule has 0 saturated heterocycles. The van der Waals surface area contributed by atoms with E-state index in [-0.39, 0.29) is 0 Å². The summed E-state index contributed by atoms with van der Waals surface area (Å²) in [5.41, 5.74) is 5.93. The first-order valence-electron chi connectivity index (χ1n) is 11.6. The highest BCUT2D eigenvalue weighted by Gasteiger charge is 2.25. The fourth-order valence-electron chi connectivity index (χ4n) is 4.83. The van der Waals surface area contributed by atoms with E-state index in [2.05, 4.69) is 72.4 Å². The minimum absolute atomic E-state index is 0.581. The second-order valence-corrected chi connectivity index (χ2v) is 10.1. The normalized spacial score (nSPS) is 17.3. The molecule has 1 aliphatic heterocycles. The Kier molecular flexibility index (Phi) is 6.87. The smallest absolute Gasteiger partial charge is 0.0398 e. The van der Waals surface area contributed by atoms with Crippen LogP contribution in [-0.2, 0) is 13.0 Å². The molecule has 2 aromatic rings. The van der Waals surface area contributed by atoms with Crippen LogP contribution in [0.25, 0.3) is 0 Å². The van der Waals surface area contributed by atoms with Crippen molar-refractivity contribution in [3.8, 4) is 0 Å². The van der Waals surface area contributed by atoms with E-state index in [1.54, 1.807) is 5.56 Å². The van der Waals surface area contributed by atoms with Gasteiger partial charge in [-0.15, -0.1) is 0 Å². The van der Waals surface area contributed by atoms with Crippen LogP contribution in [0.1, 0.15) is 75.5 Å². The minimum Gasteiger partial charge on any atom is -0.372 e. The summed E-state index contributed by atoms with van der Waals surface area (Å²) < 4.78 is 2.68. The van der Waals surface area contributed by atoms with Crippen LogP contribution in [0.3, 0.4) is 0 Å². The van der Waals surface area contributed by atoms with E-state index >= 15 is 0 Å². The molecule has 0 unspecified atom stereocenters. The highest BCUT2D eigenvalue weighted by atomic mass is 32.2. The number of anilines is 1. The zero-order valence-electron chi connectivity index (χ0n) is 18.4. The molecule has 0 aromatic heterocycles. The van der Waals surface area contributed by atoms with Gasteiger partial charge in [-0.1, -0.05) is 51.0 Å². The first-order valence-corrected chi connectivity index (χ1v) is 12.3. The number of benzene rings is 2. The van der Waals surface area contributed by atoms with Gasteiger partial charge in [0.25, 0.3) is 0 Å². The summed E-state index contributed by atoms with van der Waals surface area (Å²) in [4.78, 5) is 3.92. The molecule has 0 radical (unpaired) electrons. The summed E-state index contributed by atoms with van der Waals surface area (Å²) in [6, 6.07) is 17.1. The van der Waals surface area contributed by atoms with Crippen LogP contribution in [-0.4, -0.2) is 23.4 Å². The van der Waals surface area contributed by atoms with E-state index in [4.69, 9.17) is 0 Å². The second-order valence-electron chi connectivity index (χ2n) is 8.98. The maximum absolute atomic E-state index is 2.68. The molecular weight excluding hydrogens is 372 g/mol. The number of hydrogen-bond donors (Lipinski definition) is 0. The lowest BCUT2D eigenvalue weighted by molar-refractivity contribution is 0.350. The number of aryl methyl sites for hydroxylation is 1. The molecule has 0 amide bonds. The van der Waals surface area contributed by atoms with E-state index in [0.29, 0.717) is 12.0 Å². The summed E-state index contributed by atoms with van der Waals surface area (Å²) in [5, 5.41) is 0. The van der Waals surface area contributed by atoms with E-state index in [1.165, 1.54) is 66.8 Å². The Morgan fingerprint density at radius 3 is 2.66 bits per heavy atom. The molecule has 29 heavy (non-hydrogen) atoms.